The molecule has 1 atom stereocenters. The summed E-state index contributed by atoms with van der Waals surface area (Å²) in [4.78, 5) is 14.8. The van der Waals surface area contributed by atoms with Gasteiger partial charge in [0.15, 0.2) is 0 Å². The molecule has 0 aliphatic rings. The number of aliphatic hydroxyl groups is 1. The SMILES string of the molecule is CC(CO)Nc1ncc(Br)cc1C(=O)O. The van der Waals surface area contributed by atoms with Gasteiger partial charge >= 0.3 is 5.97 Å². The maximum atomic E-state index is 10.9. The van der Waals surface area contributed by atoms with Crippen molar-refractivity contribution in [2.45, 2.75) is 13.0 Å². The molecule has 82 valence electrons. The molecule has 1 unspecified atom stereocenters. The van der Waals surface area contributed by atoms with Gasteiger partial charge < -0.3 is 15.5 Å². The van der Waals surface area contributed by atoms with Crippen molar-refractivity contribution in [3.63, 3.8) is 0 Å². The summed E-state index contributed by atoms with van der Waals surface area (Å²) in [5.41, 5.74) is 0.0738. The molecule has 0 fully saturated rings. The Morgan fingerprint density at radius 3 is 2.93 bits per heavy atom. The lowest BCUT2D eigenvalue weighted by molar-refractivity contribution is 0.0697. The van der Waals surface area contributed by atoms with E-state index in [4.69, 9.17) is 10.2 Å². The summed E-state index contributed by atoms with van der Waals surface area (Å²) >= 11 is 3.14. The minimum atomic E-state index is -1.06. The molecule has 0 radical (unpaired) electrons. The Morgan fingerprint density at radius 2 is 2.40 bits per heavy atom. The molecule has 0 aromatic carbocycles. The first kappa shape index (κ1) is 11.9. The van der Waals surface area contributed by atoms with Gasteiger partial charge in [0.05, 0.1) is 6.61 Å². The number of pyridine rings is 1. The lowest BCUT2D eigenvalue weighted by Gasteiger charge is -2.13. The number of carbonyl (C=O) groups is 1. The van der Waals surface area contributed by atoms with Gasteiger partial charge in [0.25, 0.3) is 0 Å². The van der Waals surface area contributed by atoms with Crippen LogP contribution in [0.15, 0.2) is 16.7 Å². The molecule has 0 amide bonds. The number of aliphatic hydroxyl groups excluding tert-OH is 1. The van der Waals surface area contributed by atoms with E-state index in [1.54, 1.807) is 6.92 Å². The summed E-state index contributed by atoms with van der Waals surface area (Å²) in [6, 6.07) is 1.22. The zero-order valence-corrected chi connectivity index (χ0v) is 9.65. The fourth-order valence-electron chi connectivity index (χ4n) is 0.996. The van der Waals surface area contributed by atoms with E-state index in [1.807, 2.05) is 0 Å². The second kappa shape index (κ2) is 5.09. The molecule has 0 aliphatic carbocycles. The summed E-state index contributed by atoms with van der Waals surface area (Å²) in [5, 5.41) is 20.6. The number of anilines is 1. The first-order valence-corrected chi connectivity index (χ1v) is 5.10. The van der Waals surface area contributed by atoms with Crippen LogP contribution in [0.1, 0.15) is 17.3 Å². The van der Waals surface area contributed by atoms with E-state index in [1.165, 1.54) is 12.3 Å². The summed E-state index contributed by atoms with van der Waals surface area (Å²) in [6.45, 7) is 1.64. The van der Waals surface area contributed by atoms with Crippen LogP contribution in [0.2, 0.25) is 0 Å². The van der Waals surface area contributed by atoms with Gasteiger partial charge in [-0.3, -0.25) is 0 Å². The van der Waals surface area contributed by atoms with Crippen LogP contribution in [-0.2, 0) is 0 Å². The van der Waals surface area contributed by atoms with Crippen molar-refractivity contribution in [3.8, 4) is 0 Å². The molecule has 6 heteroatoms. The molecule has 5 nitrogen and oxygen atoms in total. The number of halogens is 1. The van der Waals surface area contributed by atoms with Gasteiger partial charge in [-0.05, 0) is 28.9 Å². The van der Waals surface area contributed by atoms with Crippen LogP contribution in [0.3, 0.4) is 0 Å². The third-order valence-corrected chi connectivity index (χ3v) is 2.18. The smallest absolute Gasteiger partial charge is 0.339 e. The van der Waals surface area contributed by atoms with Gasteiger partial charge in [-0.25, -0.2) is 9.78 Å². The molecule has 0 bridgehead atoms. The summed E-state index contributed by atoms with van der Waals surface area (Å²) in [5.74, 6) is -0.802. The number of aromatic nitrogens is 1. The third kappa shape index (κ3) is 3.17. The van der Waals surface area contributed by atoms with E-state index in [0.29, 0.717) is 4.47 Å². The molecule has 1 aromatic rings. The standard InChI is InChI=1S/C9H11BrN2O3/c1-5(4-13)12-8-7(9(14)15)2-6(10)3-11-8/h2-3,5,13H,4H2,1H3,(H,11,12)(H,14,15). The minimum Gasteiger partial charge on any atom is -0.478 e. The van der Waals surface area contributed by atoms with Crippen molar-refractivity contribution in [1.29, 1.82) is 0 Å². The van der Waals surface area contributed by atoms with E-state index in [-0.39, 0.29) is 24.0 Å². The second-order valence-corrected chi connectivity index (χ2v) is 4.00. The molecule has 0 saturated carbocycles. The number of nitrogens with one attached hydrogen (secondary N) is 1. The fraction of sp³-hybridized carbons (Fsp3) is 0.333. The highest BCUT2D eigenvalue weighted by molar-refractivity contribution is 9.10. The van der Waals surface area contributed by atoms with Gasteiger partial charge in [0, 0.05) is 16.7 Å². The summed E-state index contributed by atoms with van der Waals surface area (Å²) in [6.07, 6.45) is 1.50. The van der Waals surface area contributed by atoms with Crippen LogP contribution >= 0.6 is 15.9 Å². The lowest BCUT2D eigenvalue weighted by atomic mass is 10.2. The maximum Gasteiger partial charge on any atom is 0.339 e. The van der Waals surface area contributed by atoms with Crippen LogP contribution in [0.5, 0.6) is 0 Å². The van der Waals surface area contributed by atoms with E-state index in [9.17, 15) is 4.79 Å². The Balaban J connectivity index is 3.01. The van der Waals surface area contributed by atoms with Crippen LogP contribution < -0.4 is 5.32 Å². The Labute approximate surface area is 95.3 Å². The number of hydrogen-bond donors (Lipinski definition) is 3. The number of nitrogens with zero attached hydrogens (tertiary/aromatic N) is 1. The van der Waals surface area contributed by atoms with Gasteiger partial charge in [-0.1, -0.05) is 0 Å². The molecule has 0 aliphatic heterocycles. The third-order valence-electron chi connectivity index (χ3n) is 1.74. The number of carboxylic acids is 1. The number of carboxylic acid groups (broad SMARTS) is 1. The highest BCUT2D eigenvalue weighted by atomic mass is 79.9. The topological polar surface area (TPSA) is 82.5 Å². The molecular formula is C9H11BrN2O3. The molecule has 0 saturated heterocycles. The van der Waals surface area contributed by atoms with Gasteiger partial charge in [-0.2, -0.15) is 0 Å². The summed E-state index contributed by atoms with van der Waals surface area (Å²) < 4.78 is 0.599. The van der Waals surface area contributed by atoms with Crippen molar-refractivity contribution in [2.24, 2.45) is 0 Å². The Hall–Kier alpha value is -1.14. The Morgan fingerprint density at radius 1 is 1.73 bits per heavy atom. The van der Waals surface area contributed by atoms with Crippen molar-refractivity contribution in [1.82, 2.24) is 4.98 Å². The zero-order chi connectivity index (χ0) is 11.4. The van der Waals surface area contributed by atoms with Crippen LogP contribution in [0, 0.1) is 0 Å². The Bertz CT molecular complexity index is 370. The first-order valence-electron chi connectivity index (χ1n) is 4.31. The predicted molar refractivity (Wildman–Crippen MR) is 59.1 cm³/mol. The van der Waals surface area contributed by atoms with Crippen molar-refractivity contribution >= 4 is 27.7 Å². The van der Waals surface area contributed by atoms with Crippen LogP contribution in [0.25, 0.3) is 0 Å². The van der Waals surface area contributed by atoms with E-state index in [0.717, 1.165) is 0 Å². The van der Waals surface area contributed by atoms with Crippen molar-refractivity contribution < 1.29 is 15.0 Å². The monoisotopic (exact) mass is 274 g/mol. The lowest BCUT2D eigenvalue weighted by Crippen LogP contribution is -2.21. The quantitative estimate of drug-likeness (QED) is 0.772. The van der Waals surface area contributed by atoms with Gasteiger partial charge in [0.2, 0.25) is 0 Å². The molecule has 0 spiro atoms. The number of rotatable bonds is 4. The molecule has 1 aromatic heterocycles. The second-order valence-electron chi connectivity index (χ2n) is 3.08. The van der Waals surface area contributed by atoms with Gasteiger partial charge in [0.1, 0.15) is 11.4 Å². The van der Waals surface area contributed by atoms with E-state index < -0.39 is 5.97 Å². The number of aromatic carboxylic acids is 1. The molecule has 1 rings (SSSR count). The minimum absolute atomic E-state index is 0.0738. The van der Waals surface area contributed by atoms with E-state index >= 15 is 0 Å². The highest BCUT2D eigenvalue weighted by Crippen LogP contribution is 2.18. The maximum absolute atomic E-state index is 10.9. The average molecular weight is 275 g/mol. The molecule has 1 heterocycles. The average Bonchev–Trinajstić information content (AvgIpc) is 2.20. The van der Waals surface area contributed by atoms with Crippen molar-refractivity contribution in [3.05, 3.63) is 22.3 Å². The van der Waals surface area contributed by atoms with Crippen LogP contribution in [-0.4, -0.2) is 33.8 Å². The predicted octanol–water partition coefficient (Wildman–Crippen LogP) is 1.33. The largest absolute Gasteiger partial charge is 0.478 e. The molecule has 3 N–H and O–H groups in total. The number of hydrogen-bond acceptors (Lipinski definition) is 4. The normalized spacial score (nSPS) is 12.2. The Kier molecular flexibility index (Phi) is 4.05. The fourth-order valence-corrected chi connectivity index (χ4v) is 1.33. The first-order chi connectivity index (χ1) is 7.04. The summed E-state index contributed by atoms with van der Waals surface area (Å²) in [7, 11) is 0. The van der Waals surface area contributed by atoms with Crippen LogP contribution in [0.4, 0.5) is 5.82 Å². The zero-order valence-electron chi connectivity index (χ0n) is 8.07. The molecular weight excluding hydrogens is 264 g/mol. The van der Waals surface area contributed by atoms with Gasteiger partial charge in [-0.15, -0.1) is 0 Å². The highest BCUT2D eigenvalue weighted by Gasteiger charge is 2.13. The van der Waals surface area contributed by atoms with Crippen molar-refractivity contribution in [2.75, 3.05) is 11.9 Å². The van der Waals surface area contributed by atoms with E-state index in [2.05, 4.69) is 26.2 Å². The molecule has 15 heavy (non-hydrogen) atoms.